The van der Waals surface area contributed by atoms with Gasteiger partial charge in [-0.2, -0.15) is 0 Å². The largest absolute Gasteiger partial charge is 0.493 e. The van der Waals surface area contributed by atoms with Gasteiger partial charge in [0, 0.05) is 62.0 Å². The Balaban J connectivity index is 1.20. The Morgan fingerprint density at radius 1 is 0.897 bits per heavy atom. The van der Waals surface area contributed by atoms with Crippen LogP contribution in [0.4, 0.5) is 5.69 Å². The first kappa shape index (κ1) is 25.6. The number of aliphatic hydroxyl groups is 1. The molecule has 8 nitrogen and oxygen atoms in total. The number of β-amino-alcohol motifs (C(OH)–C–C–N with tert-alkyl or cyclic N) is 1. The third kappa shape index (κ3) is 4.61. The molecule has 2 saturated heterocycles. The number of pyridine rings is 1. The lowest BCUT2D eigenvalue weighted by Crippen LogP contribution is -2.73. The van der Waals surface area contributed by atoms with Crippen molar-refractivity contribution < 1.29 is 14.6 Å². The van der Waals surface area contributed by atoms with Crippen molar-refractivity contribution >= 4 is 16.7 Å². The number of aryl methyl sites for hydroxylation is 2. The summed E-state index contributed by atoms with van der Waals surface area (Å²) in [6.07, 6.45) is 0. The molecule has 1 N–H and O–H groups in total. The first-order chi connectivity index (χ1) is 18.6. The van der Waals surface area contributed by atoms with Gasteiger partial charge < -0.3 is 24.0 Å². The highest BCUT2D eigenvalue weighted by molar-refractivity contribution is 5.86. The lowest BCUT2D eigenvalue weighted by Gasteiger charge is -2.61. The van der Waals surface area contributed by atoms with Crippen LogP contribution in [0.5, 0.6) is 11.5 Å². The molecular weight excluding hydrogens is 490 g/mol. The van der Waals surface area contributed by atoms with Crippen LogP contribution in [-0.4, -0.2) is 77.1 Å². The molecule has 39 heavy (non-hydrogen) atoms. The number of nitrogens with zero attached hydrogens (tertiary/aromatic N) is 5. The summed E-state index contributed by atoms with van der Waals surface area (Å²) in [7, 11) is 5.32. The molecule has 0 saturated carbocycles. The maximum atomic E-state index is 10.1. The molecule has 204 valence electrons. The summed E-state index contributed by atoms with van der Waals surface area (Å²) in [5, 5.41) is 10.1. The Morgan fingerprint density at radius 2 is 1.56 bits per heavy atom. The predicted molar refractivity (Wildman–Crippen MR) is 155 cm³/mol. The van der Waals surface area contributed by atoms with E-state index in [2.05, 4.69) is 44.7 Å². The lowest BCUT2D eigenvalue weighted by molar-refractivity contribution is -0.0664. The molecule has 2 fully saturated rings. The summed E-state index contributed by atoms with van der Waals surface area (Å²) < 4.78 is 13.0. The zero-order chi connectivity index (χ0) is 27.5. The van der Waals surface area contributed by atoms with Gasteiger partial charge in [-0.3, -0.25) is 9.88 Å². The minimum absolute atomic E-state index is 0.388. The third-order valence-corrected chi connectivity index (χ3v) is 7.99. The summed E-state index contributed by atoms with van der Waals surface area (Å²) in [5.74, 6) is 2.22. The van der Waals surface area contributed by atoms with E-state index in [1.807, 2.05) is 46.0 Å². The Hall–Kier alpha value is -3.62. The number of fused-ring (bicyclic) bond motifs is 1. The zero-order valence-electron chi connectivity index (χ0n) is 23.7. The van der Waals surface area contributed by atoms with Crippen LogP contribution >= 0.6 is 0 Å². The minimum Gasteiger partial charge on any atom is -0.493 e. The van der Waals surface area contributed by atoms with Crippen LogP contribution in [0.3, 0.4) is 0 Å². The fraction of sp³-hybridized carbons (Fsp3) is 0.419. The molecule has 0 amide bonds. The van der Waals surface area contributed by atoms with Gasteiger partial charge in [-0.15, -0.1) is 0 Å². The zero-order valence-corrected chi connectivity index (χ0v) is 23.7. The molecule has 0 radical (unpaired) electrons. The van der Waals surface area contributed by atoms with Crippen LogP contribution < -0.4 is 14.4 Å². The van der Waals surface area contributed by atoms with E-state index in [0.717, 1.165) is 72.1 Å². The van der Waals surface area contributed by atoms with Crippen LogP contribution in [0, 0.1) is 12.3 Å². The number of likely N-dealkylation sites (tertiary alicyclic amines) is 1. The SMILES string of the molecule is COc1ccc(-c2nc3c(C)nc(-c4ccc(N5CC6(CN(CC(C)(C)O)C6)C5)cc4)cc3n2C)cc1OC. The number of imidazole rings is 1. The van der Waals surface area contributed by atoms with Crippen LogP contribution in [-0.2, 0) is 7.05 Å². The van der Waals surface area contributed by atoms with Crippen molar-refractivity contribution in [3.63, 3.8) is 0 Å². The Morgan fingerprint density at radius 3 is 2.21 bits per heavy atom. The molecule has 1 spiro atoms. The highest BCUT2D eigenvalue weighted by Crippen LogP contribution is 2.42. The van der Waals surface area contributed by atoms with Crippen molar-refractivity contribution in [1.82, 2.24) is 19.4 Å². The maximum Gasteiger partial charge on any atom is 0.161 e. The van der Waals surface area contributed by atoms with Gasteiger partial charge in [0.05, 0.1) is 36.7 Å². The van der Waals surface area contributed by atoms with Gasteiger partial charge in [-0.25, -0.2) is 4.98 Å². The second kappa shape index (κ2) is 9.24. The van der Waals surface area contributed by atoms with Crippen molar-refractivity contribution in [2.24, 2.45) is 12.5 Å². The quantitative estimate of drug-likeness (QED) is 0.379. The molecule has 2 aromatic heterocycles. The van der Waals surface area contributed by atoms with Crippen LogP contribution in [0.1, 0.15) is 19.5 Å². The monoisotopic (exact) mass is 527 g/mol. The van der Waals surface area contributed by atoms with E-state index < -0.39 is 5.60 Å². The van der Waals surface area contributed by atoms with Gasteiger partial charge in [-0.1, -0.05) is 12.1 Å². The summed E-state index contributed by atoms with van der Waals surface area (Å²) >= 11 is 0. The highest BCUT2D eigenvalue weighted by atomic mass is 16.5. The van der Waals surface area contributed by atoms with Gasteiger partial charge in [0.15, 0.2) is 11.5 Å². The molecular formula is C31H37N5O3. The van der Waals surface area contributed by atoms with E-state index in [4.69, 9.17) is 19.4 Å². The number of hydrogen-bond acceptors (Lipinski definition) is 7. The molecule has 4 aromatic rings. The molecule has 0 atom stereocenters. The minimum atomic E-state index is -0.628. The predicted octanol–water partition coefficient (Wildman–Crippen LogP) is 4.52. The summed E-state index contributed by atoms with van der Waals surface area (Å²) in [6.45, 7) is 10.8. The Kier molecular flexibility index (Phi) is 6.08. The van der Waals surface area contributed by atoms with Crippen molar-refractivity contribution in [2.45, 2.75) is 26.4 Å². The van der Waals surface area contributed by atoms with E-state index in [1.165, 1.54) is 5.69 Å². The Labute approximate surface area is 229 Å². The van der Waals surface area contributed by atoms with Gasteiger partial charge in [0.25, 0.3) is 0 Å². The van der Waals surface area contributed by atoms with Crippen LogP contribution in [0.25, 0.3) is 33.7 Å². The van der Waals surface area contributed by atoms with Gasteiger partial charge >= 0.3 is 0 Å². The van der Waals surface area contributed by atoms with Crippen LogP contribution in [0.2, 0.25) is 0 Å². The molecule has 2 aliphatic rings. The molecule has 2 aliphatic heterocycles. The first-order valence-electron chi connectivity index (χ1n) is 13.4. The average molecular weight is 528 g/mol. The lowest BCUT2D eigenvalue weighted by atomic mass is 9.72. The molecule has 2 aromatic carbocycles. The average Bonchev–Trinajstić information content (AvgIpc) is 3.20. The number of rotatable bonds is 7. The molecule has 6 rings (SSSR count). The van der Waals surface area contributed by atoms with E-state index >= 15 is 0 Å². The Bertz CT molecular complexity index is 1520. The highest BCUT2D eigenvalue weighted by Gasteiger charge is 2.52. The number of methoxy groups -OCH3 is 2. The van der Waals surface area contributed by atoms with Gasteiger partial charge in [-0.05, 0) is 57.2 Å². The van der Waals surface area contributed by atoms with Gasteiger partial charge in [0.2, 0.25) is 0 Å². The fourth-order valence-corrected chi connectivity index (χ4v) is 6.27. The van der Waals surface area contributed by atoms with Gasteiger partial charge in [0.1, 0.15) is 11.3 Å². The topological polar surface area (TPSA) is 75.9 Å². The number of aromatic nitrogens is 3. The number of anilines is 1. The maximum absolute atomic E-state index is 10.1. The molecule has 0 unspecified atom stereocenters. The summed E-state index contributed by atoms with van der Waals surface area (Å²) in [6, 6.07) is 16.7. The summed E-state index contributed by atoms with van der Waals surface area (Å²) in [4.78, 5) is 14.7. The van der Waals surface area contributed by atoms with Crippen LogP contribution in [0.15, 0.2) is 48.5 Å². The van der Waals surface area contributed by atoms with E-state index in [1.54, 1.807) is 14.2 Å². The van der Waals surface area contributed by atoms with Crippen molar-refractivity contribution in [3.05, 3.63) is 54.2 Å². The third-order valence-electron chi connectivity index (χ3n) is 7.99. The second-order valence-corrected chi connectivity index (χ2v) is 11.9. The normalized spacial score (nSPS) is 16.8. The second-order valence-electron chi connectivity index (χ2n) is 11.9. The van der Waals surface area contributed by atoms with Crippen molar-refractivity contribution in [3.8, 4) is 34.1 Å². The van der Waals surface area contributed by atoms with E-state index in [9.17, 15) is 5.11 Å². The van der Waals surface area contributed by atoms with E-state index in [-0.39, 0.29) is 0 Å². The van der Waals surface area contributed by atoms with Crippen molar-refractivity contribution in [1.29, 1.82) is 0 Å². The number of hydrogen-bond donors (Lipinski definition) is 1. The molecule has 4 heterocycles. The van der Waals surface area contributed by atoms with Crippen molar-refractivity contribution in [2.75, 3.05) is 51.8 Å². The molecule has 8 heteroatoms. The first-order valence-corrected chi connectivity index (χ1v) is 13.4. The molecule has 0 bridgehead atoms. The number of benzene rings is 2. The molecule has 0 aliphatic carbocycles. The standard InChI is InChI=1S/C31H37N5O3/c1-20-28-25(34(4)29(33-28)22-9-12-26(38-5)27(13-22)39-6)14-24(32-20)21-7-10-23(11-8-21)36-18-31(19-36)16-35(17-31)15-30(2,3)37/h7-14,37H,15-19H2,1-6H3. The summed E-state index contributed by atoms with van der Waals surface area (Å²) in [5.41, 5.74) is 6.83. The number of ether oxygens (including phenoxy) is 2. The smallest absolute Gasteiger partial charge is 0.161 e. The van der Waals surface area contributed by atoms with E-state index in [0.29, 0.717) is 16.9 Å². The fourth-order valence-electron chi connectivity index (χ4n) is 6.27.